The third kappa shape index (κ3) is 3.95. The molecule has 1 unspecified atom stereocenters. The lowest BCUT2D eigenvalue weighted by Gasteiger charge is -2.34. The van der Waals surface area contributed by atoms with Crippen molar-refractivity contribution in [3.8, 4) is 0 Å². The number of hydrogen-bond acceptors (Lipinski definition) is 5. The van der Waals surface area contributed by atoms with Crippen molar-refractivity contribution in [2.45, 2.75) is 18.8 Å². The van der Waals surface area contributed by atoms with E-state index in [1.54, 1.807) is 0 Å². The maximum atomic E-state index is 12.3. The molecule has 21 heavy (non-hydrogen) atoms. The quantitative estimate of drug-likeness (QED) is 0.849. The lowest BCUT2D eigenvalue weighted by Crippen LogP contribution is -2.46. The van der Waals surface area contributed by atoms with E-state index in [1.165, 1.54) is 6.20 Å². The first-order valence-electron chi connectivity index (χ1n) is 6.21. The zero-order valence-electron chi connectivity index (χ0n) is 10.9. The van der Waals surface area contributed by atoms with Crippen molar-refractivity contribution in [1.82, 2.24) is 9.78 Å². The molecule has 1 aliphatic rings. The molecule has 1 fully saturated rings. The Morgan fingerprint density at radius 2 is 2.24 bits per heavy atom. The average Bonchev–Trinajstić information content (AvgIpc) is 2.43. The molecule has 10 heteroatoms. The number of aromatic nitrogens is 2. The maximum Gasteiger partial charge on any atom is 0.408 e. The summed E-state index contributed by atoms with van der Waals surface area (Å²) in [5.74, 6) is 0. The standard InChI is InChI=1S/C11H14BrF3N4O2/c12-9-8(18-1-2-21-7(3-16)5-18)4-17-19(10(9)20)6-11(13,14)15/h4,7H,1-3,5-6,16H2. The van der Waals surface area contributed by atoms with Gasteiger partial charge < -0.3 is 15.4 Å². The fourth-order valence-corrected chi connectivity index (χ4v) is 2.60. The highest BCUT2D eigenvalue weighted by Crippen LogP contribution is 2.24. The minimum atomic E-state index is -4.50. The van der Waals surface area contributed by atoms with Gasteiger partial charge in [0, 0.05) is 19.6 Å². The summed E-state index contributed by atoms with van der Waals surface area (Å²) in [4.78, 5) is 13.7. The molecule has 1 saturated heterocycles. The lowest BCUT2D eigenvalue weighted by molar-refractivity contribution is -0.143. The minimum Gasteiger partial charge on any atom is -0.373 e. The summed E-state index contributed by atoms with van der Waals surface area (Å²) < 4.78 is 42.9. The van der Waals surface area contributed by atoms with Gasteiger partial charge in [-0.3, -0.25) is 4.79 Å². The second-order valence-corrected chi connectivity index (χ2v) is 5.39. The number of anilines is 1. The Bertz CT molecular complexity index is 563. The highest BCUT2D eigenvalue weighted by atomic mass is 79.9. The summed E-state index contributed by atoms with van der Waals surface area (Å²) in [6, 6.07) is 0. The first kappa shape index (κ1) is 16.2. The van der Waals surface area contributed by atoms with Crippen molar-refractivity contribution in [1.29, 1.82) is 0 Å². The van der Waals surface area contributed by atoms with Gasteiger partial charge in [-0.2, -0.15) is 18.3 Å². The number of ether oxygens (including phenoxy) is 1. The van der Waals surface area contributed by atoms with Crippen molar-refractivity contribution in [3.05, 3.63) is 21.0 Å². The fourth-order valence-electron chi connectivity index (χ4n) is 2.04. The molecule has 2 rings (SSSR count). The first-order chi connectivity index (χ1) is 9.81. The normalized spacial score (nSPS) is 19.9. The largest absolute Gasteiger partial charge is 0.408 e. The van der Waals surface area contributed by atoms with Crippen LogP contribution >= 0.6 is 15.9 Å². The first-order valence-corrected chi connectivity index (χ1v) is 7.00. The van der Waals surface area contributed by atoms with Crippen molar-refractivity contribution >= 4 is 21.6 Å². The molecule has 0 amide bonds. The Morgan fingerprint density at radius 3 is 2.86 bits per heavy atom. The summed E-state index contributed by atoms with van der Waals surface area (Å²) in [5, 5.41) is 3.59. The van der Waals surface area contributed by atoms with Crippen LogP contribution in [0.3, 0.4) is 0 Å². The zero-order valence-corrected chi connectivity index (χ0v) is 12.5. The van der Waals surface area contributed by atoms with Gasteiger partial charge in [0.2, 0.25) is 0 Å². The number of nitrogens with zero attached hydrogens (tertiary/aromatic N) is 3. The molecule has 6 nitrogen and oxygen atoms in total. The Hall–Kier alpha value is -1.13. The van der Waals surface area contributed by atoms with Gasteiger partial charge in [-0.15, -0.1) is 0 Å². The van der Waals surface area contributed by atoms with Crippen molar-refractivity contribution in [3.63, 3.8) is 0 Å². The van der Waals surface area contributed by atoms with Crippen LogP contribution in [0.5, 0.6) is 0 Å². The second kappa shape index (κ2) is 6.32. The van der Waals surface area contributed by atoms with Gasteiger partial charge >= 0.3 is 6.18 Å². The van der Waals surface area contributed by atoms with Gasteiger partial charge in [-0.05, 0) is 15.9 Å². The number of morpholine rings is 1. The Labute approximate surface area is 126 Å². The Balaban J connectivity index is 2.26. The summed E-state index contributed by atoms with van der Waals surface area (Å²) in [6.07, 6.45) is -3.43. The fraction of sp³-hybridized carbons (Fsp3) is 0.636. The Kier molecular flexibility index (Phi) is 4.89. The third-order valence-electron chi connectivity index (χ3n) is 3.04. The van der Waals surface area contributed by atoms with Crippen molar-refractivity contribution < 1.29 is 17.9 Å². The van der Waals surface area contributed by atoms with Crippen LogP contribution in [0.1, 0.15) is 0 Å². The molecule has 1 aromatic rings. The van der Waals surface area contributed by atoms with E-state index in [4.69, 9.17) is 10.5 Å². The van der Waals surface area contributed by atoms with E-state index in [-0.39, 0.29) is 10.6 Å². The van der Waals surface area contributed by atoms with Crippen LogP contribution in [0.2, 0.25) is 0 Å². The summed E-state index contributed by atoms with van der Waals surface area (Å²) >= 11 is 3.06. The third-order valence-corrected chi connectivity index (χ3v) is 3.78. The highest BCUT2D eigenvalue weighted by molar-refractivity contribution is 9.10. The Morgan fingerprint density at radius 1 is 1.52 bits per heavy atom. The molecule has 0 bridgehead atoms. The molecule has 2 N–H and O–H groups in total. The molecule has 0 radical (unpaired) electrons. The van der Waals surface area contributed by atoms with Gasteiger partial charge in [-0.1, -0.05) is 0 Å². The molecule has 0 aromatic carbocycles. The van der Waals surface area contributed by atoms with Crippen molar-refractivity contribution in [2.75, 3.05) is 31.1 Å². The minimum absolute atomic E-state index is 0.0550. The predicted octanol–water partition coefficient (Wildman–Crippen LogP) is 0.732. The number of rotatable bonds is 3. The number of hydrogen-bond donors (Lipinski definition) is 1. The van der Waals surface area contributed by atoms with Gasteiger partial charge in [0.05, 0.1) is 24.6 Å². The summed E-state index contributed by atoms with van der Waals surface area (Å²) in [7, 11) is 0. The molecule has 118 valence electrons. The van der Waals surface area contributed by atoms with E-state index >= 15 is 0 Å². The van der Waals surface area contributed by atoms with E-state index < -0.39 is 18.3 Å². The van der Waals surface area contributed by atoms with Crippen LogP contribution < -0.4 is 16.2 Å². The van der Waals surface area contributed by atoms with Crippen molar-refractivity contribution in [2.24, 2.45) is 5.73 Å². The predicted molar refractivity (Wildman–Crippen MR) is 73.3 cm³/mol. The molecular formula is C11H14BrF3N4O2. The average molecular weight is 371 g/mol. The highest BCUT2D eigenvalue weighted by Gasteiger charge is 2.30. The molecule has 0 aliphatic carbocycles. The summed E-state index contributed by atoms with van der Waals surface area (Å²) in [5.41, 5.74) is 5.16. The lowest BCUT2D eigenvalue weighted by atomic mass is 10.2. The topological polar surface area (TPSA) is 73.4 Å². The zero-order chi connectivity index (χ0) is 15.6. The molecule has 1 atom stereocenters. The maximum absolute atomic E-state index is 12.3. The van der Waals surface area contributed by atoms with E-state index in [9.17, 15) is 18.0 Å². The molecule has 0 spiro atoms. The number of nitrogens with two attached hydrogens (primary N) is 1. The van der Waals surface area contributed by atoms with Crippen LogP contribution in [-0.4, -0.2) is 48.3 Å². The van der Waals surface area contributed by atoms with Gasteiger partial charge in [0.15, 0.2) is 0 Å². The van der Waals surface area contributed by atoms with Crippen LogP contribution in [-0.2, 0) is 11.3 Å². The van der Waals surface area contributed by atoms with E-state index in [0.717, 1.165) is 0 Å². The van der Waals surface area contributed by atoms with Crippen LogP contribution in [0.4, 0.5) is 18.9 Å². The number of alkyl halides is 3. The van der Waals surface area contributed by atoms with Gasteiger partial charge in [0.25, 0.3) is 5.56 Å². The summed E-state index contributed by atoms with van der Waals surface area (Å²) in [6.45, 7) is 0.310. The molecule has 1 aliphatic heterocycles. The van der Waals surface area contributed by atoms with Gasteiger partial charge in [-0.25, -0.2) is 4.68 Å². The second-order valence-electron chi connectivity index (χ2n) is 4.60. The molecule has 0 saturated carbocycles. The van der Waals surface area contributed by atoms with Crippen LogP contribution in [0.25, 0.3) is 0 Å². The van der Waals surface area contributed by atoms with E-state index in [0.29, 0.717) is 36.6 Å². The van der Waals surface area contributed by atoms with Crippen LogP contribution in [0.15, 0.2) is 15.5 Å². The van der Waals surface area contributed by atoms with Gasteiger partial charge in [0.1, 0.15) is 11.0 Å². The SMILES string of the molecule is NCC1CN(c2cnn(CC(F)(F)F)c(=O)c2Br)CCO1. The smallest absolute Gasteiger partial charge is 0.373 e. The molecular weight excluding hydrogens is 357 g/mol. The number of halogens is 4. The van der Waals surface area contributed by atoms with E-state index in [1.807, 2.05) is 4.90 Å². The monoisotopic (exact) mass is 370 g/mol. The van der Waals surface area contributed by atoms with Crippen LogP contribution in [0, 0.1) is 0 Å². The van der Waals surface area contributed by atoms with E-state index in [2.05, 4.69) is 21.0 Å². The molecule has 1 aromatic heterocycles. The molecule has 2 heterocycles.